The molecule has 0 aliphatic rings. The summed E-state index contributed by atoms with van der Waals surface area (Å²) >= 11 is 0. The van der Waals surface area contributed by atoms with Crippen LogP contribution in [0.25, 0.3) is 0 Å². The van der Waals surface area contributed by atoms with Crippen molar-refractivity contribution in [1.82, 2.24) is 5.32 Å². The summed E-state index contributed by atoms with van der Waals surface area (Å²) < 4.78 is 28.0. The van der Waals surface area contributed by atoms with E-state index < -0.39 is 32.7 Å². The van der Waals surface area contributed by atoms with Crippen LogP contribution in [-0.2, 0) is 26.9 Å². The molecular formula is C18H18N2O6S. The number of hydrogen-bond acceptors (Lipinski definition) is 7. The lowest BCUT2D eigenvalue weighted by atomic mass is 10.2. The summed E-state index contributed by atoms with van der Waals surface area (Å²) in [5.41, 5.74) is 0.571. The highest BCUT2D eigenvalue weighted by atomic mass is 32.2. The third-order valence-corrected chi connectivity index (χ3v) is 4.14. The molecule has 1 heterocycles. The van der Waals surface area contributed by atoms with Crippen LogP contribution in [0.15, 0.2) is 39.5 Å². The van der Waals surface area contributed by atoms with Gasteiger partial charge in [-0.1, -0.05) is 5.92 Å². The van der Waals surface area contributed by atoms with E-state index >= 15 is 0 Å². The first-order valence-electron chi connectivity index (χ1n) is 7.78. The van der Waals surface area contributed by atoms with Crippen LogP contribution >= 0.6 is 0 Å². The number of hydrogen-bond donors (Lipinski definition) is 3. The predicted molar refractivity (Wildman–Crippen MR) is 99.9 cm³/mol. The number of anilines is 1. The first-order valence-corrected chi connectivity index (χ1v) is 9.84. The van der Waals surface area contributed by atoms with Gasteiger partial charge in [0.25, 0.3) is 5.91 Å². The van der Waals surface area contributed by atoms with Crippen LogP contribution in [-0.4, -0.2) is 32.7 Å². The largest absolute Gasteiger partial charge is 0.502 e. The molecule has 0 spiro atoms. The van der Waals surface area contributed by atoms with Gasteiger partial charge in [-0.2, -0.15) is 0 Å². The highest BCUT2D eigenvalue weighted by Gasteiger charge is 2.14. The lowest BCUT2D eigenvalue weighted by Crippen LogP contribution is -2.14. The molecule has 0 saturated carbocycles. The van der Waals surface area contributed by atoms with Crippen LogP contribution < -0.4 is 16.1 Å². The Morgan fingerprint density at radius 1 is 1.26 bits per heavy atom. The molecule has 8 nitrogen and oxygen atoms in total. The number of nitrogens with one attached hydrogen (secondary N) is 2. The lowest BCUT2D eigenvalue weighted by Gasteiger charge is -2.09. The van der Waals surface area contributed by atoms with Crippen LogP contribution in [0.5, 0.6) is 5.75 Å². The van der Waals surface area contributed by atoms with E-state index in [-0.39, 0.29) is 18.1 Å². The molecule has 0 bridgehead atoms. The lowest BCUT2D eigenvalue weighted by molar-refractivity contribution is -0.115. The Morgan fingerprint density at radius 2 is 1.93 bits per heavy atom. The number of aromatic hydroxyl groups is 1. The maximum absolute atomic E-state index is 11.8. The predicted octanol–water partition coefficient (Wildman–Crippen LogP) is 0.600. The van der Waals surface area contributed by atoms with Crippen molar-refractivity contribution in [3.05, 3.63) is 57.6 Å². The quantitative estimate of drug-likeness (QED) is 0.638. The Balaban J connectivity index is 2.13. The van der Waals surface area contributed by atoms with E-state index in [1.807, 2.05) is 0 Å². The minimum Gasteiger partial charge on any atom is -0.502 e. The second-order valence-corrected chi connectivity index (χ2v) is 7.82. The van der Waals surface area contributed by atoms with E-state index in [2.05, 4.69) is 22.5 Å². The van der Waals surface area contributed by atoms with Gasteiger partial charge >= 0.3 is 0 Å². The van der Waals surface area contributed by atoms with Crippen LogP contribution in [0.4, 0.5) is 5.69 Å². The normalized spacial score (nSPS) is 10.6. The van der Waals surface area contributed by atoms with Crippen molar-refractivity contribution in [3.8, 4) is 17.6 Å². The molecule has 3 N–H and O–H groups in total. The first-order chi connectivity index (χ1) is 12.7. The average molecular weight is 390 g/mol. The van der Waals surface area contributed by atoms with E-state index in [0.29, 0.717) is 11.3 Å². The van der Waals surface area contributed by atoms with Gasteiger partial charge in [0.05, 0.1) is 6.54 Å². The average Bonchev–Trinajstić information content (AvgIpc) is 2.60. The second-order valence-electron chi connectivity index (χ2n) is 5.68. The molecule has 1 aromatic heterocycles. The molecule has 1 amide bonds. The molecule has 0 aliphatic heterocycles. The summed E-state index contributed by atoms with van der Waals surface area (Å²) in [7, 11) is -1.90. The minimum atomic E-state index is -3.39. The molecule has 2 aromatic rings. The molecule has 0 fully saturated rings. The number of carbonyl (C=O) groups excluding carboxylic acids is 1. The van der Waals surface area contributed by atoms with Gasteiger partial charge in [-0.3, -0.25) is 9.59 Å². The number of benzene rings is 1. The Labute approximate surface area is 156 Å². The van der Waals surface area contributed by atoms with Gasteiger partial charge in [-0.25, -0.2) is 8.42 Å². The van der Waals surface area contributed by atoms with Crippen LogP contribution in [0.3, 0.4) is 0 Å². The van der Waals surface area contributed by atoms with Gasteiger partial charge in [-0.15, -0.1) is 0 Å². The van der Waals surface area contributed by atoms with E-state index in [9.17, 15) is 23.1 Å². The molecule has 0 saturated heterocycles. The van der Waals surface area contributed by atoms with E-state index in [4.69, 9.17) is 4.42 Å². The van der Waals surface area contributed by atoms with Gasteiger partial charge in [0.1, 0.15) is 11.5 Å². The Bertz CT molecular complexity index is 1060. The van der Waals surface area contributed by atoms with E-state index in [1.54, 1.807) is 24.3 Å². The summed E-state index contributed by atoms with van der Waals surface area (Å²) in [6, 6.07) is 7.73. The number of amides is 1. The molecule has 27 heavy (non-hydrogen) atoms. The zero-order chi connectivity index (χ0) is 20.0. The zero-order valence-corrected chi connectivity index (χ0v) is 15.5. The standard InChI is InChI=1S/C18H18N2O6S/c1-19-17(22)8-5-12-3-6-13(7-4-12)20-10-16-18(23)15(21)9-14(26-16)11-27(2,24)25/h3-4,6-7,9,20,23H,10-11H2,1-2H3,(H,19,22). The molecule has 0 aliphatic carbocycles. The number of sulfone groups is 1. The topological polar surface area (TPSA) is 126 Å². The van der Waals surface area contributed by atoms with Crippen LogP contribution in [0, 0.1) is 11.8 Å². The molecule has 0 atom stereocenters. The molecule has 1 aromatic carbocycles. The van der Waals surface area contributed by atoms with Gasteiger partial charge in [0, 0.05) is 36.5 Å². The van der Waals surface area contributed by atoms with Gasteiger partial charge in [0.2, 0.25) is 11.2 Å². The van der Waals surface area contributed by atoms with Crippen LogP contribution in [0.1, 0.15) is 17.1 Å². The summed E-state index contributed by atoms with van der Waals surface area (Å²) in [6.07, 6.45) is 1.02. The number of carbonyl (C=O) groups is 1. The van der Waals surface area contributed by atoms with E-state index in [1.165, 1.54) is 7.05 Å². The van der Waals surface area contributed by atoms with Gasteiger partial charge < -0.3 is 20.2 Å². The van der Waals surface area contributed by atoms with Gasteiger partial charge in [0.15, 0.2) is 15.6 Å². The smallest absolute Gasteiger partial charge is 0.295 e. The summed E-state index contributed by atoms with van der Waals surface area (Å²) in [5, 5.41) is 15.2. The maximum Gasteiger partial charge on any atom is 0.295 e. The van der Waals surface area contributed by atoms with Crippen molar-refractivity contribution >= 4 is 21.4 Å². The molecule has 0 radical (unpaired) electrons. The molecule has 0 unspecified atom stereocenters. The summed E-state index contributed by atoms with van der Waals surface area (Å²) in [4.78, 5) is 22.9. The van der Waals surface area contributed by atoms with Gasteiger partial charge in [-0.05, 0) is 24.3 Å². The van der Waals surface area contributed by atoms with E-state index in [0.717, 1.165) is 12.3 Å². The van der Waals surface area contributed by atoms with Crippen molar-refractivity contribution < 1.29 is 22.7 Å². The monoisotopic (exact) mass is 390 g/mol. The van der Waals surface area contributed by atoms with Crippen molar-refractivity contribution in [2.75, 3.05) is 18.6 Å². The highest BCUT2D eigenvalue weighted by Crippen LogP contribution is 2.18. The molecular weight excluding hydrogens is 372 g/mol. The van der Waals surface area contributed by atoms with Crippen molar-refractivity contribution in [2.45, 2.75) is 12.3 Å². The third-order valence-electron chi connectivity index (χ3n) is 3.33. The minimum absolute atomic E-state index is 0.0259. The second kappa shape index (κ2) is 8.42. The highest BCUT2D eigenvalue weighted by molar-refractivity contribution is 7.89. The molecule has 142 valence electrons. The first kappa shape index (κ1) is 20.1. The Hall–Kier alpha value is -3.25. The van der Waals surface area contributed by atoms with Crippen molar-refractivity contribution in [3.63, 3.8) is 0 Å². The fraction of sp³-hybridized carbons (Fsp3) is 0.222. The summed E-state index contributed by atoms with van der Waals surface area (Å²) in [5.74, 6) is 3.59. The SMILES string of the molecule is CNC(=O)C#Cc1ccc(NCc2oc(CS(C)(=O)=O)cc(=O)c2O)cc1. The Kier molecular flexibility index (Phi) is 6.26. The Morgan fingerprint density at radius 3 is 2.52 bits per heavy atom. The third kappa shape index (κ3) is 6.20. The number of rotatable bonds is 5. The summed E-state index contributed by atoms with van der Waals surface area (Å²) in [6.45, 7) is -0.0259. The fourth-order valence-corrected chi connectivity index (χ4v) is 2.74. The van der Waals surface area contributed by atoms with Crippen molar-refractivity contribution in [1.29, 1.82) is 0 Å². The molecule has 9 heteroatoms. The maximum atomic E-state index is 11.8. The zero-order valence-electron chi connectivity index (χ0n) is 14.7. The fourth-order valence-electron chi connectivity index (χ4n) is 2.08. The molecule has 2 rings (SSSR count). The van der Waals surface area contributed by atoms with Crippen LogP contribution in [0.2, 0.25) is 0 Å². The van der Waals surface area contributed by atoms with Crippen molar-refractivity contribution in [2.24, 2.45) is 0 Å².